The maximum atomic E-state index is 12.0. The van der Waals surface area contributed by atoms with E-state index in [1.165, 1.54) is 7.11 Å². The Bertz CT molecular complexity index is 1860. The number of rotatable bonds is 7. The molecule has 2 aromatic heterocycles. The summed E-state index contributed by atoms with van der Waals surface area (Å²) in [5.41, 5.74) is 6.89. The first-order valence-corrected chi connectivity index (χ1v) is 12.5. The second kappa shape index (κ2) is 9.95. The zero-order chi connectivity index (χ0) is 26.9. The van der Waals surface area contributed by atoms with Gasteiger partial charge in [0.2, 0.25) is 0 Å². The first kappa shape index (κ1) is 24.2. The van der Waals surface area contributed by atoms with E-state index in [0.717, 1.165) is 44.1 Å². The van der Waals surface area contributed by atoms with Gasteiger partial charge in [0, 0.05) is 23.6 Å². The van der Waals surface area contributed by atoms with Gasteiger partial charge in [-0.15, -0.1) is 0 Å². The van der Waals surface area contributed by atoms with Crippen molar-refractivity contribution in [2.75, 3.05) is 7.11 Å². The summed E-state index contributed by atoms with van der Waals surface area (Å²) in [6.45, 7) is 1.10. The molecule has 0 aliphatic carbocycles. The second-order valence-electron chi connectivity index (χ2n) is 9.49. The average molecular weight is 516 g/mol. The van der Waals surface area contributed by atoms with Crippen LogP contribution >= 0.6 is 0 Å². The van der Waals surface area contributed by atoms with E-state index in [1.54, 1.807) is 24.3 Å². The molecule has 39 heavy (non-hydrogen) atoms. The molecule has 0 amide bonds. The standard InChI is InChI=1S/C32H25N3O4/c1-39-32(38)27-7-3-5-22(15-27)20-35-30-17-25(10-11-28(30)18-33-35)24-9-8-23-12-13-34(29(23)16-24)19-21-4-2-6-26(14-21)31(36)37/h2-18H,19-20H2,1H3,(H,36,37). The number of esters is 1. The molecule has 0 aliphatic heterocycles. The Morgan fingerprint density at radius 3 is 2.18 bits per heavy atom. The molecular weight excluding hydrogens is 490 g/mol. The van der Waals surface area contributed by atoms with Gasteiger partial charge in [0.1, 0.15) is 0 Å². The highest BCUT2D eigenvalue weighted by molar-refractivity contribution is 5.90. The van der Waals surface area contributed by atoms with Crippen molar-refractivity contribution in [3.05, 3.63) is 126 Å². The van der Waals surface area contributed by atoms with Crippen molar-refractivity contribution in [1.29, 1.82) is 0 Å². The molecule has 0 fully saturated rings. The molecule has 6 aromatic rings. The zero-order valence-electron chi connectivity index (χ0n) is 21.2. The number of carboxylic acids is 1. The van der Waals surface area contributed by atoms with Crippen molar-refractivity contribution in [1.82, 2.24) is 14.3 Å². The number of ether oxygens (including phenoxy) is 1. The number of benzene rings is 4. The summed E-state index contributed by atoms with van der Waals surface area (Å²) in [4.78, 5) is 23.3. The lowest BCUT2D eigenvalue weighted by atomic mass is 10.0. The van der Waals surface area contributed by atoms with Gasteiger partial charge in [0.15, 0.2) is 0 Å². The van der Waals surface area contributed by atoms with Gasteiger partial charge in [-0.1, -0.05) is 48.5 Å². The van der Waals surface area contributed by atoms with Gasteiger partial charge in [0.25, 0.3) is 0 Å². The number of nitrogens with zero attached hydrogens (tertiary/aromatic N) is 3. The van der Waals surface area contributed by atoms with Gasteiger partial charge >= 0.3 is 11.9 Å². The predicted octanol–water partition coefficient (Wildman–Crippen LogP) is 6.24. The Morgan fingerprint density at radius 2 is 1.44 bits per heavy atom. The van der Waals surface area contributed by atoms with Crippen LogP contribution in [0.1, 0.15) is 31.8 Å². The Balaban J connectivity index is 1.32. The number of hydrogen-bond donors (Lipinski definition) is 1. The van der Waals surface area contributed by atoms with E-state index >= 15 is 0 Å². The predicted molar refractivity (Wildman–Crippen MR) is 150 cm³/mol. The van der Waals surface area contributed by atoms with E-state index in [-0.39, 0.29) is 11.5 Å². The molecule has 4 aromatic carbocycles. The zero-order valence-corrected chi connectivity index (χ0v) is 21.2. The maximum absolute atomic E-state index is 12.0. The molecule has 192 valence electrons. The van der Waals surface area contributed by atoms with Crippen LogP contribution in [0, 0.1) is 0 Å². The van der Waals surface area contributed by atoms with Crippen LogP contribution in [0.25, 0.3) is 32.9 Å². The molecule has 0 bridgehead atoms. The van der Waals surface area contributed by atoms with Crippen molar-refractivity contribution >= 4 is 33.7 Å². The molecule has 0 atom stereocenters. The number of carbonyl (C=O) groups excluding carboxylic acids is 1. The lowest BCUT2D eigenvalue weighted by Crippen LogP contribution is -2.05. The highest BCUT2D eigenvalue weighted by Gasteiger charge is 2.11. The van der Waals surface area contributed by atoms with Crippen LogP contribution in [0.5, 0.6) is 0 Å². The molecular formula is C32H25N3O4. The van der Waals surface area contributed by atoms with Crippen LogP contribution in [0.4, 0.5) is 0 Å². The van der Waals surface area contributed by atoms with E-state index in [0.29, 0.717) is 18.7 Å². The third kappa shape index (κ3) is 4.78. The summed E-state index contributed by atoms with van der Waals surface area (Å²) in [5.74, 6) is -1.29. The fraction of sp³-hybridized carbons (Fsp3) is 0.0938. The monoisotopic (exact) mass is 515 g/mol. The summed E-state index contributed by atoms with van der Waals surface area (Å²) in [7, 11) is 1.38. The molecule has 0 saturated heterocycles. The second-order valence-corrected chi connectivity index (χ2v) is 9.49. The number of aromatic carboxylic acids is 1. The van der Waals surface area contributed by atoms with Crippen LogP contribution in [0.2, 0.25) is 0 Å². The molecule has 7 heteroatoms. The van der Waals surface area contributed by atoms with Gasteiger partial charge in [-0.3, -0.25) is 4.68 Å². The largest absolute Gasteiger partial charge is 0.478 e. The van der Waals surface area contributed by atoms with Crippen molar-refractivity contribution < 1.29 is 19.4 Å². The minimum atomic E-state index is -0.928. The topological polar surface area (TPSA) is 86.4 Å². The summed E-state index contributed by atoms with van der Waals surface area (Å²) in [6, 6.07) is 29.2. The van der Waals surface area contributed by atoms with Crippen LogP contribution < -0.4 is 0 Å². The van der Waals surface area contributed by atoms with Crippen LogP contribution in [-0.4, -0.2) is 38.5 Å². The van der Waals surface area contributed by atoms with Gasteiger partial charge in [0.05, 0.1) is 36.5 Å². The van der Waals surface area contributed by atoms with Gasteiger partial charge in [-0.25, -0.2) is 9.59 Å². The van der Waals surface area contributed by atoms with E-state index in [4.69, 9.17) is 4.74 Å². The summed E-state index contributed by atoms with van der Waals surface area (Å²) >= 11 is 0. The lowest BCUT2D eigenvalue weighted by Gasteiger charge is -2.10. The SMILES string of the molecule is COC(=O)c1cccc(Cn2ncc3ccc(-c4ccc5ccn(Cc6cccc(C(=O)O)c6)c5c4)cc32)c1. The Labute approximate surface area is 224 Å². The molecule has 0 aliphatic rings. The van der Waals surface area contributed by atoms with E-state index in [9.17, 15) is 14.7 Å². The minimum absolute atomic E-state index is 0.284. The van der Waals surface area contributed by atoms with Gasteiger partial charge < -0.3 is 14.4 Å². The highest BCUT2D eigenvalue weighted by atomic mass is 16.5. The highest BCUT2D eigenvalue weighted by Crippen LogP contribution is 2.29. The van der Waals surface area contributed by atoms with Crippen molar-refractivity contribution in [2.45, 2.75) is 13.1 Å². The summed E-state index contributed by atoms with van der Waals surface area (Å²) < 4.78 is 8.93. The third-order valence-electron chi connectivity index (χ3n) is 6.96. The Morgan fingerprint density at radius 1 is 0.769 bits per heavy atom. The minimum Gasteiger partial charge on any atom is -0.478 e. The molecule has 7 nitrogen and oxygen atoms in total. The molecule has 0 saturated carbocycles. The van der Waals surface area contributed by atoms with E-state index in [2.05, 4.69) is 52.1 Å². The maximum Gasteiger partial charge on any atom is 0.337 e. The van der Waals surface area contributed by atoms with E-state index in [1.807, 2.05) is 41.3 Å². The normalized spacial score (nSPS) is 11.2. The number of carboxylic acid groups (broad SMARTS) is 1. The molecule has 1 N–H and O–H groups in total. The Hall–Kier alpha value is -5.17. The van der Waals surface area contributed by atoms with Crippen LogP contribution in [0.15, 0.2) is 103 Å². The van der Waals surface area contributed by atoms with Gasteiger partial charge in [-0.2, -0.15) is 5.10 Å². The fourth-order valence-corrected chi connectivity index (χ4v) is 4.96. The van der Waals surface area contributed by atoms with Crippen molar-refractivity contribution in [3.8, 4) is 11.1 Å². The number of carbonyl (C=O) groups is 2. The first-order valence-electron chi connectivity index (χ1n) is 12.5. The first-order chi connectivity index (χ1) is 19.0. The average Bonchev–Trinajstić information content (AvgIpc) is 3.56. The molecule has 6 rings (SSSR count). The molecule has 0 spiro atoms. The number of methoxy groups -OCH3 is 1. The molecule has 2 heterocycles. The van der Waals surface area contributed by atoms with E-state index < -0.39 is 5.97 Å². The summed E-state index contributed by atoms with van der Waals surface area (Å²) in [6.07, 6.45) is 3.88. The smallest absolute Gasteiger partial charge is 0.337 e. The van der Waals surface area contributed by atoms with Crippen LogP contribution in [0.3, 0.4) is 0 Å². The van der Waals surface area contributed by atoms with Crippen molar-refractivity contribution in [3.63, 3.8) is 0 Å². The number of hydrogen-bond acceptors (Lipinski definition) is 4. The molecule has 0 unspecified atom stereocenters. The van der Waals surface area contributed by atoms with Gasteiger partial charge in [-0.05, 0) is 70.1 Å². The lowest BCUT2D eigenvalue weighted by molar-refractivity contribution is 0.0599. The number of aromatic nitrogens is 3. The third-order valence-corrected chi connectivity index (χ3v) is 6.96. The number of fused-ring (bicyclic) bond motifs is 2. The van der Waals surface area contributed by atoms with Crippen molar-refractivity contribution in [2.24, 2.45) is 0 Å². The van der Waals surface area contributed by atoms with Crippen LogP contribution in [-0.2, 0) is 17.8 Å². The quantitative estimate of drug-likeness (QED) is 0.254. The fourth-order valence-electron chi connectivity index (χ4n) is 4.96. The Kier molecular flexibility index (Phi) is 6.17. The summed E-state index contributed by atoms with van der Waals surface area (Å²) in [5, 5.41) is 16.1. The molecule has 0 radical (unpaired) electrons.